The summed E-state index contributed by atoms with van der Waals surface area (Å²) in [6.07, 6.45) is -1.35. The Balaban J connectivity index is 1.36. The Labute approximate surface area is 236 Å². The van der Waals surface area contributed by atoms with E-state index in [4.69, 9.17) is 18.9 Å². The molecule has 2 aliphatic heterocycles. The summed E-state index contributed by atoms with van der Waals surface area (Å²) in [5.41, 5.74) is 0.569. The first kappa shape index (κ1) is 30.5. The van der Waals surface area contributed by atoms with Crippen molar-refractivity contribution < 1.29 is 49.6 Å². The van der Waals surface area contributed by atoms with Gasteiger partial charge in [-0.15, -0.1) is 6.58 Å². The zero-order valence-electron chi connectivity index (χ0n) is 24.1. The molecule has 3 aliphatic carbocycles. The lowest BCUT2D eigenvalue weighted by Crippen LogP contribution is -2.59. The van der Waals surface area contributed by atoms with Crippen LogP contribution in [0.5, 0.6) is 0 Å². The molecule has 0 bridgehead atoms. The lowest BCUT2D eigenvalue weighted by Gasteiger charge is -2.62. The second kappa shape index (κ2) is 11.0. The summed E-state index contributed by atoms with van der Waals surface area (Å²) >= 11 is 0. The van der Waals surface area contributed by atoms with E-state index in [9.17, 15) is 30.6 Å². The molecule has 0 aromatic rings. The summed E-state index contributed by atoms with van der Waals surface area (Å²) in [5.74, 6) is 0.509. The number of aliphatic hydroxyl groups excluding tert-OH is 6. The van der Waals surface area contributed by atoms with Crippen LogP contribution in [0.25, 0.3) is 0 Å². The molecule has 10 heteroatoms. The molecule has 40 heavy (non-hydrogen) atoms. The molecule has 2 saturated carbocycles. The van der Waals surface area contributed by atoms with Crippen molar-refractivity contribution in [1.29, 1.82) is 0 Å². The molecule has 2 saturated heterocycles. The summed E-state index contributed by atoms with van der Waals surface area (Å²) in [6, 6.07) is 0. The maximum atomic E-state index is 10.6. The van der Waals surface area contributed by atoms with Gasteiger partial charge in [0.2, 0.25) is 0 Å². The molecule has 0 radical (unpaired) electrons. The van der Waals surface area contributed by atoms with Gasteiger partial charge in [-0.3, -0.25) is 0 Å². The van der Waals surface area contributed by atoms with Crippen LogP contribution in [-0.4, -0.2) is 105 Å². The molecular formula is C30H48O10. The third-order valence-corrected chi connectivity index (χ3v) is 11.1. The van der Waals surface area contributed by atoms with Crippen molar-refractivity contribution >= 4 is 0 Å². The van der Waals surface area contributed by atoms with E-state index < -0.39 is 54.6 Å². The molecule has 0 aromatic carbocycles. The third-order valence-electron chi connectivity index (χ3n) is 11.1. The first-order valence-electron chi connectivity index (χ1n) is 14.7. The summed E-state index contributed by atoms with van der Waals surface area (Å²) < 4.78 is 24.0. The van der Waals surface area contributed by atoms with Crippen molar-refractivity contribution in [3.8, 4) is 0 Å². The summed E-state index contributed by atoms with van der Waals surface area (Å²) in [7, 11) is 0. The number of fused-ring (bicyclic) bond motifs is 3. The topological polar surface area (TPSA) is 158 Å². The predicted molar refractivity (Wildman–Crippen MR) is 144 cm³/mol. The van der Waals surface area contributed by atoms with Gasteiger partial charge >= 0.3 is 0 Å². The lowest BCUT2D eigenvalue weighted by molar-refractivity contribution is -0.292. The maximum absolute atomic E-state index is 10.6. The van der Waals surface area contributed by atoms with Crippen molar-refractivity contribution in [3.05, 3.63) is 24.3 Å². The molecule has 5 rings (SSSR count). The molecule has 14 unspecified atom stereocenters. The number of allylic oxidation sites excluding steroid dienone is 1. The lowest BCUT2D eigenvalue weighted by atomic mass is 9.44. The minimum atomic E-state index is -1.36. The number of ether oxygens (including phenoxy) is 4. The van der Waals surface area contributed by atoms with E-state index in [0.29, 0.717) is 12.3 Å². The molecule has 0 aromatic heterocycles. The highest BCUT2D eigenvalue weighted by atomic mass is 16.7. The van der Waals surface area contributed by atoms with Crippen LogP contribution >= 0.6 is 0 Å². The zero-order chi connectivity index (χ0) is 29.2. The van der Waals surface area contributed by atoms with Gasteiger partial charge in [-0.1, -0.05) is 45.4 Å². The minimum Gasteiger partial charge on any atom is -0.394 e. The largest absolute Gasteiger partial charge is 0.394 e. The molecule has 14 atom stereocenters. The van der Waals surface area contributed by atoms with Crippen LogP contribution in [0.4, 0.5) is 0 Å². The monoisotopic (exact) mass is 568 g/mol. The number of aliphatic hydroxyl groups is 6. The Morgan fingerprint density at radius 2 is 1.62 bits per heavy atom. The fourth-order valence-corrected chi connectivity index (χ4v) is 8.48. The van der Waals surface area contributed by atoms with Crippen molar-refractivity contribution in [2.75, 3.05) is 13.2 Å². The second-order valence-corrected chi connectivity index (χ2v) is 13.7. The number of rotatable bonds is 6. The van der Waals surface area contributed by atoms with Gasteiger partial charge in [0.15, 0.2) is 12.6 Å². The summed E-state index contributed by atoms with van der Waals surface area (Å²) in [4.78, 5) is 0. The standard InChI is InChI=1S/C30H48O10/c1-6-29(4)12-15-7-8-19-28(2,3)20(39-27-25(36)23(34)18(13-31)38-27)9-10-30(19,5)16(15)11-21(29)40-26-24(35)22(33)17(32)14-37-26/h6,12,16-27,31-36H,1,7-11,13-14H2,2-5H3. The summed E-state index contributed by atoms with van der Waals surface area (Å²) in [6.45, 7) is 12.4. The van der Waals surface area contributed by atoms with E-state index >= 15 is 0 Å². The average molecular weight is 569 g/mol. The Kier molecular flexibility index (Phi) is 8.38. The quantitative estimate of drug-likeness (QED) is 0.256. The Morgan fingerprint density at radius 1 is 0.950 bits per heavy atom. The van der Waals surface area contributed by atoms with E-state index in [1.54, 1.807) is 0 Å². The van der Waals surface area contributed by atoms with Crippen LogP contribution in [-0.2, 0) is 18.9 Å². The molecule has 6 N–H and O–H groups in total. The summed E-state index contributed by atoms with van der Waals surface area (Å²) in [5, 5.41) is 60.8. The molecule has 4 fully saturated rings. The van der Waals surface area contributed by atoms with Gasteiger partial charge in [0.05, 0.1) is 25.4 Å². The third kappa shape index (κ3) is 4.92. The second-order valence-electron chi connectivity index (χ2n) is 13.7. The first-order chi connectivity index (χ1) is 18.8. The molecule has 2 heterocycles. The van der Waals surface area contributed by atoms with Crippen LogP contribution < -0.4 is 0 Å². The van der Waals surface area contributed by atoms with Crippen molar-refractivity contribution in [3.63, 3.8) is 0 Å². The van der Waals surface area contributed by atoms with E-state index in [2.05, 4.69) is 40.3 Å². The molecule has 0 amide bonds. The van der Waals surface area contributed by atoms with E-state index in [1.165, 1.54) is 5.57 Å². The van der Waals surface area contributed by atoms with Gasteiger partial charge < -0.3 is 49.6 Å². The van der Waals surface area contributed by atoms with Gasteiger partial charge in [0.25, 0.3) is 0 Å². The van der Waals surface area contributed by atoms with Gasteiger partial charge in [-0.25, -0.2) is 0 Å². The molecule has 5 aliphatic rings. The van der Waals surface area contributed by atoms with Crippen LogP contribution in [0.1, 0.15) is 59.8 Å². The maximum Gasteiger partial charge on any atom is 0.186 e. The highest BCUT2D eigenvalue weighted by Gasteiger charge is 2.60. The van der Waals surface area contributed by atoms with Gasteiger partial charge in [-0.05, 0) is 54.8 Å². The molecule has 10 nitrogen and oxygen atoms in total. The van der Waals surface area contributed by atoms with Gasteiger partial charge in [-0.2, -0.15) is 0 Å². The van der Waals surface area contributed by atoms with E-state index in [0.717, 1.165) is 25.7 Å². The molecule has 228 valence electrons. The van der Waals surface area contributed by atoms with Crippen molar-refractivity contribution in [1.82, 2.24) is 0 Å². The highest BCUT2D eigenvalue weighted by molar-refractivity contribution is 5.29. The normalized spacial score (nSPS) is 52.4. The predicted octanol–water partition coefficient (Wildman–Crippen LogP) is 1.01. The number of hydrogen-bond acceptors (Lipinski definition) is 10. The average Bonchev–Trinajstić information content (AvgIpc) is 3.19. The van der Waals surface area contributed by atoms with Crippen LogP contribution in [0.15, 0.2) is 24.3 Å². The molecule has 0 spiro atoms. The van der Waals surface area contributed by atoms with Crippen LogP contribution in [0.2, 0.25) is 0 Å². The van der Waals surface area contributed by atoms with E-state index in [1.807, 2.05) is 6.08 Å². The van der Waals surface area contributed by atoms with Gasteiger partial charge in [0.1, 0.15) is 36.6 Å². The highest BCUT2D eigenvalue weighted by Crippen LogP contribution is 2.64. The SMILES string of the molecule is C=CC1(C)C=C2CCC3C(C)(C)C(OC4OC(CO)C(O)C4O)CCC3(C)C2CC1OC1OCC(O)C(O)C1O. The minimum absolute atomic E-state index is 0.0679. The Hall–Kier alpha value is -0.920. The van der Waals surface area contributed by atoms with E-state index in [-0.39, 0.29) is 42.2 Å². The molecular weight excluding hydrogens is 520 g/mol. The zero-order valence-corrected chi connectivity index (χ0v) is 24.1. The first-order valence-corrected chi connectivity index (χ1v) is 14.7. The number of hydrogen-bond donors (Lipinski definition) is 6. The van der Waals surface area contributed by atoms with Crippen molar-refractivity contribution in [2.45, 2.75) is 121 Å². The van der Waals surface area contributed by atoms with Crippen LogP contribution in [0, 0.1) is 28.1 Å². The fraction of sp³-hybridized carbons (Fsp3) is 0.867. The van der Waals surface area contributed by atoms with Crippen molar-refractivity contribution in [2.24, 2.45) is 28.1 Å². The van der Waals surface area contributed by atoms with Gasteiger partial charge in [0, 0.05) is 5.41 Å². The fourth-order valence-electron chi connectivity index (χ4n) is 8.48. The Bertz CT molecular complexity index is 970. The van der Waals surface area contributed by atoms with Crippen LogP contribution in [0.3, 0.4) is 0 Å². The smallest absolute Gasteiger partial charge is 0.186 e. The Morgan fingerprint density at radius 3 is 2.27 bits per heavy atom.